The van der Waals surface area contributed by atoms with Crippen LogP contribution in [0.2, 0.25) is 0 Å². The number of nitrogens with one attached hydrogen (secondary N) is 1. The van der Waals surface area contributed by atoms with E-state index in [1.807, 2.05) is 30.3 Å². The number of ether oxygens (including phenoxy) is 1. The molecule has 62 heavy (non-hydrogen) atoms. The highest BCUT2D eigenvalue weighted by Crippen LogP contribution is 2.40. The number of carbonyl (C=O) groups is 5. The van der Waals surface area contributed by atoms with Crippen LogP contribution in [0.3, 0.4) is 0 Å². The fourth-order valence-corrected chi connectivity index (χ4v) is 7.69. The third kappa shape index (κ3) is 11.1. The second kappa shape index (κ2) is 20.5. The molecule has 2 amide bonds. The summed E-state index contributed by atoms with van der Waals surface area (Å²) in [7, 11) is 1.47. The topological polar surface area (TPSA) is 232 Å². The second-order valence-electron chi connectivity index (χ2n) is 17.0. The molecule has 14 nitrogen and oxygen atoms in total. The van der Waals surface area contributed by atoms with E-state index in [2.05, 4.69) is 36.1 Å². The summed E-state index contributed by atoms with van der Waals surface area (Å²) in [5.74, 6) is -3.47. The fourth-order valence-electron chi connectivity index (χ4n) is 7.69. The molecule has 1 aliphatic rings. The minimum atomic E-state index is -1.27. The van der Waals surface area contributed by atoms with Crippen LogP contribution in [-0.2, 0) is 31.0 Å². The molecular formula is C48H57N7O7. The molecule has 0 saturated carbocycles. The van der Waals surface area contributed by atoms with E-state index in [1.54, 1.807) is 38.1 Å². The van der Waals surface area contributed by atoms with E-state index >= 15 is 0 Å². The van der Waals surface area contributed by atoms with E-state index in [1.165, 1.54) is 30.3 Å². The highest BCUT2D eigenvalue weighted by molar-refractivity contribution is 6.00. The lowest BCUT2D eigenvalue weighted by Gasteiger charge is -2.32. The number of nitrogens with two attached hydrogens (primary N) is 2. The van der Waals surface area contributed by atoms with E-state index in [-0.39, 0.29) is 92.1 Å². The van der Waals surface area contributed by atoms with Crippen molar-refractivity contribution in [3.8, 4) is 40.1 Å². The van der Waals surface area contributed by atoms with Crippen molar-refractivity contribution in [3.05, 3.63) is 94.8 Å². The molecule has 326 valence electrons. The minimum Gasteiger partial charge on any atom is -0.507 e. The predicted molar refractivity (Wildman–Crippen MR) is 235 cm³/mol. The van der Waals surface area contributed by atoms with Crippen LogP contribution in [0.1, 0.15) is 98.6 Å². The monoisotopic (exact) mass is 843 g/mol. The molecule has 4 atom stereocenters. The summed E-state index contributed by atoms with van der Waals surface area (Å²) in [4.78, 5) is 80.5. The van der Waals surface area contributed by atoms with Gasteiger partial charge in [-0.3, -0.25) is 24.0 Å². The molecule has 4 aromatic rings. The maximum atomic E-state index is 14.6. The number of nitriles is 1. The molecule has 3 aromatic carbocycles. The summed E-state index contributed by atoms with van der Waals surface area (Å²) >= 11 is 0. The number of hydrogen-bond acceptors (Lipinski definition) is 12. The number of phenols is 1. The van der Waals surface area contributed by atoms with Crippen molar-refractivity contribution in [2.24, 2.45) is 23.3 Å². The van der Waals surface area contributed by atoms with Gasteiger partial charge in [-0.15, -0.1) is 0 Å². The number of aryl methyl sites for hydroxylation is 1. The predicted octanol–water partition coefficient (Wildman–Crippen LogP) is 5.71. The molecule has 4 bridgehead atoms. The highest BCUT2D eigenvalue weighted by Gasteiger charge is 2.36. The first kappa shape index (κ1) is 46.8. The fraction of sp³-hybridized carbons (Fsp3) is 0.417. The van der Waals surface area contributed by atoms with Gasteiger partial charge in [-0.25, -0.2) is 9.97 Å². The smallest absolute Gasteiger partial charge is 0.226 e. The first-order valence-electron chi connectivity index (χ1n) is 20.9. The Bertz CT molecular complexity index is 2350. The van der Waals surface area contributed by atoms with Crippen LogP contribution < -0.4 is 21.5 Å². The largest absolute Gasteiger partial charge is 0.507 e. The lowest BCUT2D eigenvalue weighted by atomic mass is 9.86. The van der Waals surface area contributed by atoms with Gasteiger partial charge in [0, 0.05) is 74.0 Å². The van der Waals surface area contributed by atoms with Crippen LogP contribution in [0.4, 0.5) is 0 Å². The number of rotatable bonds is 14. The van der Waals surface area contributed by atoms with Gasteiger partial charge in [-0.2, -0.15) is 5.26 Å². The van der Waals surface area contributed by atoms with Crippen molar-refractivity contribution >= 4 is 29.2 Å². The van der Waals surface area contributed by atoms with E-state index in [9.17, 15) is 29.1 Å². The van der Waals surface area contributed by atoms with Gasteiger partial charge in [-0.05, 0) is 72.7 Å². The second-order valence-corrected chi connectivity index (χ2v) is 17.0. The van der Waals surface area contributed by atoms with E-state index in [0.29, 0.717) is 34.0 Å². The minimum absolute atomic E-state index is 0.0264. The quantitative estimate of drug-likeness (QED) is 0.112. The Morgan fingerprint density at radius 1 is 1.02 bits per heavy atom. The number of nitrogens with zero attached hydrogens (tertiary/aromatic N) is 4. The SMILES string of the molecule is Cc1nc(-c2ccc(C(C)(C)C)cc2)ncc1C(=O)C[C@@H](CCN)C(=O)N(C)[C@@H]1C(=O)C[C@@H](C)C(=O)N[C@H](C(=O)CCC#N)Cc2ccc(OCCN)c(c2)-c2cc1ccc2O. The number of fused-ring (bicyclic) bond motifs is 5. The Labute approximate surface area is 363 Å². The first-order chi connectivity index (χ1) is 29.5. The summed E-state index contributed by atoms with van der Waals surface area (Å²) in [5, 5.41) is 23.3. The van der Waals surface area contributed by atoms with Crippen molar-refractivity contribution < 1.29 is 33.8 Å². The van der Waals surface area contributed by atoms with Gasteiger partial charge < -0.3 is 31.5 Å². The van der Waals surface area contributed by atoms with Gasteiger partial charge in [0.05, 0.1) is 23.4 Å². The van der Waals surface area contributed by atoms with E-state index in [4.69, 9.17) is 21.5 Å². The molecule has 0 unspecified atom stereocenters. The number of Topliss-reactive ketones (excluding diaryl/α,β-unsaturated/α-hetero) is 3. The Morgan fingerprint density at radius 2 is 1.74 bits per heavy atom. The lowest BCUT2D eigenvalue weighted by Crippen LogP contribution is -2.46. The average Bonchev–Trinajstić information content (AvgIpc) is 3.24. The number of aromatic nitrogens is 2. The summed E-state index contributed by atoms with van der Waals surface area (Å²) in [6.45, 7) is 10.1. The average molecular weight is 844 g/mol. The van der Waals surface area contributed by atoms with Crippen molar-refractivity contribution in [1.29, 1.82) is 5.26 Å². The molecule has 6 N–H and O–H groups in total. The molecule has 14 heteroatoms. The van der Waals surface area contributed by atoms with E-state index in [0.717, 1.165) is 11.1 Å². The number of amides is 2. The molecule has 0 aliphatic carbocycles. The Hall–Kier alpha value is -6.30. The third-order valence-corrected chi connectivity index (χ3v) is 11.3. The van der Waals surface area contributed by atoms with Crippen molar-refractivity contribution in [3.63, 3.8) is 0 Å². The Kier molecular flexibility index (Phi) is 15.5. The van der Waals surface area contributed by atoms with Crippen LogP contribution >= 0.6 is 0 Å². The Morgan fingerprint density at radius 3 is 2.39 bits per heavy atom. The molecule has 0 radical (unpaired) electrons. The molecular weight excluding hydrogens is 787 g/mol. The van der Waals surface area contributed by atoms with Crippen LogP contribution in [0.25, 0.3) is 22.5 Å². The number of carbonyl (C=O) groups excluding carboxylic acids is 5. The van der Waals surface area contributed by atoms with E-state index < -0.39 is 41.5 Å². The van der Waals surface area contributed by atoms with Crippen molar-refractivity contribution in [2.45, 2.75) is 90.6 Å². The van der Waals surface area contributed by atoms with Gasteiger partial charge in [0.1, 0.15) is 24.1 Å². The zero-order valence-corrected chi connectivity index (χ0v) is 36.4. The van der Waals surface area contributed by atoms with Gasteiger partial charge in [0.15, 0.2) is 23.2 Å². The van der Waals surface area contributed by atoms with Crippen molar-refractivity contribution in [1.82, 2.24) is 20.2 Å². The number of phenolic OH excluding ortho intramolecular Hbond substituents is 1. The third-order valence-electron chi connectivity index (χ3n) is 11.3. The van der Waals surface area contributed by atoms with Gasteiger partial charge >= 0.3 is 0 Å². The van der Waals surface area contributed by atoms with Gasteiger partial charge in [-0.1, -0.05) is 64.1 Å². The summed E-state index contributed by atoms with van der Waals surface area (Å²) < 4.78 is 5.97. The molecule has 5 rings (SSSR count). The highest BCUT2D eigenvalue weighted by atomic mass is 16.5. The van der Waals surface area contributed by atoms with Gasteiger partial charge in [0.25, 0.3) is 0 Å². The number of benzene rings is 3. The normalized spacial score (nSPS) is 17.2. The van der Waals surface area contributed by atoms with Crippen LogP contribution in [0.5, 0.6) is 11.5 Å². The molecule has 1 aliphatic heterocycles. The lowest BCUT2D eigenvalue weighted by molar-refractivity contribution is -0.142. The first-order valence-corrected chi connectivity index (χ1v) is 20.9. The van der Waals surface area contributed by atoms with Crippen LogP contribution in [-0.4, -0.2) is 81.9 Å². The number of aromatic hydroxyl groups is 1. The number of ketones is 3. The van der Waals surface area contributed by atoms with Crippen molar-refractivity contribution in [2.75, 3.05) is 26.7 Å². The summed E-state index contributed by atoms with van der Waals surface area (Å²) in [5.41, 5.74) is 16.1. The molecule has 0 fully saturated rings. The van der Waals surface area contributed by atoms with Crippen LogP contribution in [0, 0.1) is 30.1 Å². The van der Waals surface area contributed by atoms with Gasteiger partial charge in [0.2, 0.25) is 11.8 Å². The van der Waals surface area contributed by atoms with Crippen LogP contribution in [0.15, 0.2) is 66.9 Å². The zero-order valence-electron chi connectivity index (χ0n) is 36.4. The zero-order chi connectivity index (χ0) is 45.3. The number of hydrogen-bond donors (Lipinski definition) is 4. The standard InChI is InChI=1S/C48H57N7O7/c1-28-22-42(59)44(55(6)47(61)33(17-19-50)26-41(58)37-27-52-45(53-29(37)2)31-10-13-34(14-11-31)48(3,4)5)32-12-15-39(56)35(25-32)36-23-30(9-16-43(36)62-21-20-51)24-38(54-46(28)60)40(57)8-7-18-49/h9-16,23,25,27-28,33,38,44,56H,7-8,17,19-22,24,26,50-51H2,1-6H3,(H,54,60)/t28-,33-,38+,44+/m1/s1. The summed E-state index contributed by atoms with van der Waals surface area (Å²) in [6, 6.07) is 17.3. The molecule has 2 heterocycles. The molecule has 0 saturated heterocycles. The molecule has 0 spiro atoms. The maximum absolute atomic E-state index is 14.6. The Balaban J connectivity index is 1.51. The maximum Gasteiger partial charge on any atom is 0.226 e. The number of likely N-dealkylation sites (N-methyl/N-ethyl adjacent to an activating group) is 1. The molecule has 1 aromatic heterocycles. The summed E-state index contributed by atoms with van der Waals surface area (Å²) in [6.07, 6.45) is 0.991.